The van der Waals surface area contributed by atoms with E-state index in [4.69, 9.17) is 9.84 Å². The Kier molecular flexibility index (Phi) is 7.06. The molecule has 108 valence electrons. The number of carboxylic acids is 1. The van der Waals surface area contributed by atoms with Crippen molar-refractivity contribution in [1.82, 2.24) is 5.32 Å². The van der Waals surface area contributed by atoms with E-state index in [9.17, 15) is 9.59 Å². The standard InChI is InChI=1S/C15H19NO4/c1-2-9-20-11-14(17)16-10-13-5-3-12(4-6-13)7-8-15(18)19/h3-8H,2,9-11H2,1H3,(H,16,17)(H,18,19)/b8-7+. The van der Waals surface area contributed by atoms with Crippen LogP contribution in [0.25, 0.3) is 6.08 Å². The summed E-state index contributed by atoms with van der Waals surface area (Å²) in [7, 11) is 0. The molecule has 0 aliphatic rings. The van der Waals surface area contributed by atoms with Crippen molar-refractivity contribution in [3.05, 3.63) is 41.5 Å². The second-order valence-electron chi connectivity index (χ2n) is 4.24. The lowest BCUT2D eigenvalue weighted by molar-refractivity contribution is -0.131. The molecule has 0 aliphatic heterocycles. The fourth-order valence-electron chi connectivity index (χ4n) is 1.47. The number of carboxylic acid groups (broad SMARTS) is 1. The molecule has 0 fully saturated rings. The van der Waals surface area contributed by atoms with Gasteiger partial charge in [-0.05, 0) is 23.6 Å². The van der Waals surface area contributed by atoms with E-state index >= 15 is 0 Å². The van der Waals surface area contributed by atoms with Crippen LogP contribution in [0.5, 0.6) is 0 Å². The molecule has 0 saturated heterocycles. The Morgan fingerprint density at radius 3 is 2.60 bits per heavy atom. The molecule has 1 aromatic rings. The summed E-state index contributed by atoms with van der Waals surface area (Å²) in [6.45, 7) is 3.07. The number of nitrogens with one attached hydrogen (secondary N) is 1. The van der Waals surface area contributed by atoms with Crippen molar-refractivity contribution < 1.29 is 19.4 Å². The fraction of sp³-hybridized carbons (Fsp3) is 0.333. The zero-order valence-corrected chi connectivity index (χ0v) is 11.5. The number of benzene rings is 1. The molecule has 1 aromatic carbocycles. The SMILES string of the molecule is CCCOCC(=O)NCc1ccc(/C=C/C(=O)O)cc1. The molecule has 0 saturated carbocycles. The number of hydrogen-bond acceptors (Lipinski definition) is 3. The highest BCUT2D eigenvalue weighted by Gasteiger charge is 2.01. The van der Waals surface area contributed by atoms with Crippen LogP contribution >= 0.6 is 0 Å². The van der Waals surface area contributed by atoms with Crippen LogP contribution in [-0.4, -0.2) is 30.2 Å². The van der Waals surface area contributed by atoms with Crippen LogP contribution in [0.3, 0.4) is 0 Å². The Morgan fingerprint density at radius 1 is 1.30 bits per heavy atom. The van der Waals surface area contributed by atoms with Crippen LogP contribution in [0, 0.1) is 0 Å². The summed E-state index contributed by atoms with van der Waals surface area (Å²) in [4.78, 5) is 21.8. The van der Waals surface area contributed by atoms with Gasteiger partial charge >= 0.3 is 5.97 Å². The maximum Gasteiger partial charge on any atom is 0.328 e. The smallest absolute Gasteiger partial charge is 0.328 e. The summed E-state index contributed by atoms with van der Waals surface area (Å²) in [6.07, 6.45) is 3.49. The van der Waals surface area contributed by atoms with Gasteiger partial charge in [-0.2, -0.15) is 0 Å². The molecule has 0 aromatic heterocycles. The van der Waals surface area contributed by atoms with E-state index in [1.165, 1.54) is 6.08 Å². The van der Waals surface area contributed by atoms with Crippen LogP contribution in [-0.2, 0) is 20.9 Å². The van der Waals surface area contributed by atoms with Gasteiger partial charge in [0.2, 0.25) is 5.91 Å². The Bertz CT molecular complexity index is 465. The molecule has 1 rings (SSSR count). The largest absolute Gasteiger partial charge is 0.478 e. The third-order valence-corrected chi connectivity index (χ3v) is 2.47. The number of rotatable bonds is 8. The van der Waals surface area contributed by atoms with Gasteiger partial charge < -0.3 is 15.2 Å². The average molecular weight is 277 g/mol. The number of hydrogen-bond donors (Lipinski definition) is 2. The second-order valence-corrected chi connectivity index (χ2v) is 4.24. The van der Waals surface area contributed by atoms with Crippen molar-refractivity contribution in [2.45, 2.75) is 19.9 Å². The monoisotopic (exact) mass is 277 g/mol. The van der Waals surface area contributed by atoms with Crippen molar-refractivity contribution in [3.63, 3.8) is 0 Å². The van der Waals surface area contributed by atoms with Gasteiger partial charge in [0.1, 0.15) is 6.61 Å². The van der Waals surface area contributed by atoms with Crippen LogP contribution in [0.1, 0.15) is 24.5 Å². The van der Waals surface area contributed by atoms with E-state index in [1.54, 1.807) is 12.1 Å². The van der Waals surface area contributed by atoms with Crippen molar-refractivity contribution in [1.29, 1.82) is 0 Å². The third-order valence-electron chi connectivity index (χ3n) is 2.47. The molecule has 20 heavy (non-hydrogen) atoms. The first kappa shape index (κ1) is 15.9. The first-order valence-electron chi connectivity index (χ1n) is 6.46. The van der Waals surface area contributed by atoms with Crippen molar-refractivity contribution in [3.8, 4) is 0 Å². The average Bonchev–Trinajstić information content (AvgIpc) is 2.44. The molecular formula is C15H19NO4. The minimum absolute atomic E-state index is 0.0767. The molecule has 2 N–H and O–H groups in total. The van der Waals surface area contributed by atoms with Crippen molar-refractivity contribution >= 4 is 18.0 Å². The van der Waals surface area contributed by atoms with E-state index in [0.29, 0.717) is 13.2 Å². The van der Waals surface area contributed by atoms with Gasteiger partial charge in [-0.3, -0.25) is 4.79 Å². The molecule has 0 aliphatic carbocycles. The van der Waals surface area contributed by atoms with E-state index < -0.39 is 5.97 Å². The molecular weight excluding hydrogens is 258 g/mol. The van der Waals surface area contributed by atoms with E-state index in [1.807, 2.05) is 19.1 Å². The first-order chi connectivity index (χ1) is 9.61. The zero-order chi connectivity index (χ0) is 14.8. The zero-order valence-electron chi connectivity index (χ0n) is 11.5. The van der Waals surface area contributed by atoms with Crippen molar-refractivity contribution in [2.75, 3.05) is 13.2 Å². The van der Waals surface area contributed by atoms with Crippen LogP contribution in [0.4, 0.5) is 0 Å². The number of amides is 1. The van der Waals surface area contributed by atoms with E-state index in [0.717, 1.165) is 23.6 Å². The summed E-state index contributed by atoms with van der Waals surface area (Å²) in [6, 6.07) is 7.28. The summed E-state index contributed by atoms with van der Waals surface area (Å²) in [5.74, 6) is -1.12. The third kappa shape index (κ3) is 6.70. The number of carbonyl (C=O) groups excluding carboxylic acids is 1. The minimum Gasteiger partial charge on any atom is -0.478 e. The van der Waals surface area contributed by atoms with Gasteiger partial charge in [-0.1, -0.05) is 31.2 Å². The summed E-state index contributed by atoms with van der Waals surface area (Å²) in [5, 5.41) is 11.3. The number of aliphatic carboxylic acids is 1. The van der Waals surface area contributed by atoms with Gasteiger partial charge in [0, 0.05) is 19.2 Å². The van der Waals surface area contributed by atoms with Crippen LogP contribution in [0.2, 0.25) is 0 Å². The molecule has 0 atom stereocenters. The van der Waals surface area contributed by atoms with E-state index in [-0.39, 0.29) is 12.5 Å². The lowest BCUT2D eigenvalue weighted by Gasteiger charge is -2.06. The van der Waals surface area contributed by atoms with Gasteiger partial charge in [0.05, 0.1) is 0 Å². The predicted octanol–water partition coefficient (Wildman–Crippen LogP) is 1.83. The topological polar surface area (TPSA) is 75.6 Å². The van der Waals surface area contributed by atoms with Gasteiger partial charge in [-0.15, -0.1) is 0 Å². The molecule has 0 heterocycles. The van der Waals surface area contributed by atoms with Crippen molar-refractivity contribution in [2.24, 2.45) is 0 Å². The summed E-state index contributed by atoms with van der Waals surface area (Å²) in [5.41, 5.74) is 1.75. The molecule has 0 radical (unpaired) electrons. The Balaban J connectivity index is 2.38. The Morgan fingerprint density at radius 2 is 2.00 bits per heavy atom. The molecule has 0 spiro atoms. The highest BCUT2D eigenvalue weighted by atomic mass is 16.5. The molecule has 5 nitrogen and oxygen atoms in total. The predicted molar refractivity (Wildman–Crippen MR) is 76.1 cm³/mol. The summed E-state index contributed by atoms with van der Waals surface area (Å²) < 4.78 is 5.13. The molecule has 0 unspecified atom stereocenters. The lowest BCUT2D eigenvalue weighted by atomic mass is 10.1. The highest BCUT2D eigenvalue weighted by molar-refractivity contribution is 5.85. The van der Waals surface area contributed by atoms with Gasteiger partial charge in [0.15, 0.2) is 0 Å². The molecule has 5 heteroatoms. The maximum absolute atomic E-state index is 11.4. The number of carbonyl (C=O) groups is 2. The Labute approximate surface area is 118 Å². The quantitative estimate of drug-likeness (QED) is 0.561. The highest BCUT2D eigenvalue weighted by Crippen LogP contribution is 2.06. The first-order valence-corrected chi connectivity index (χ1v) is 6.46. The lowest BCUT2D eigenvalue weighted by Crippen LogP contribution is -2.27. The normalized spacial score (nSPS) is 10.7. The van der Waals surface area contributed by atoms with Gasteiger partial charge in [0.25, 0.3) is 0 Å². The fourth-order valence-corrected chi connectivity index (χ4v) is 1.47. The number of ether oxygens (including phenoxy) is 1. The molecule has 0 bridgehead atoms. The molecule has 1 amide bonds. The minimum atomic E-state index is -0.978. The Hall–Kier alpha value is -2.14. The maximum atomic E-state index is 11.4. The van der Waals surface area contributed by atoms with Crippen LogP contribution < -0.4 is 5.32 Å². The second kappa shape index (κ2) is 8.87. The summed E-state index contributed by atoms with van der Waals surface area (Å²) >= 11 is 0. The van der Waals surface area contributed by atoms with Crippen LogP contribution in [0.15, 0.2) is 30.3 Å². The van der Waals surface area contributed by atoms with Gasteiger partial charge in [-0.25, -0.2) is 4.79 Å². The van der Waals surface area contributed by atoms with E-state index in [2.05, 4.69) is 5.32 Å².